The summed E-state index contributed by atoms with van der Waals surface area (Å²) < 4.78 is 28.3. The van der Waals surface area contributed by atoms with Crippen molar-refractivity contribution >= 4 is 17.1 Å². The molecule has 1 saturated carbocycles. The van der Waals surface area contributed by atoms with Gasteiger partial charge in [0.2, 0.25) is 5.95 Å². The van der Waals surface area contributed by atoms with E-state index >= 15 is 0 Å². The Kier molecular flexibility index (Phi) is 7.08. The summed E-state index contributed by atoms with van der Waals surface area (Å²) >= 11 is 0. The second-order valence-electron chi connectivity index (χ2n) is 8.80. The van der Waals surface area contributed by atoms with Crippen molar-refractivity contribution in [3.05, 3.63) is 53.1 Å². The summed E-state index contributed by atoms with van der Waals surface area (Å²) in [5.41, 5.74) is 9.68. The maximum Gasteiger partial charge on any atom is 0.228 e. The van der Waals surface area contributed by atoms with Crippen molar-refractivity contribution in [2.45, 2.75) is 39.2 Å². The van der Waals surface area contributed by atoms with Crippen LogP contribution in [0, 0.1) is 31.4 Å². The molecule has 2 aliphatic rings. The molecule has 11 heteroatoms. The Balaban J connectivity index is 0.00000141. The van der Waals surface area contributed by atoms with Crippen LogP contribution in [-0.4, -0.2) is 56.3 Å². The van der Waals surface area contributed by atoms with Crippen molar-refractivity contribution in [2.75, 3.05) is 25.1 Å². The fourth-order valence-corrected chi connectivity index (χ4v) is 4.08. The van der Waals surface area contributed by atoms with E-state index in [0.29, 0.717) is 41.9 Å². The zero-order valence-electron chi connectivity index (χ0n) is 20.0. The van der Waals surface area contributed by atoms with E-state index in [1.165, 1.54) is 12.1 Å². The molecule has 0 spiro atoms. The van der Waals surface area contributed by atoms with Gasteiger partial charge in [-0.05, 0) is 45.2 Å². The van der Waals surface area contributed by atoms with Crippen LogP contribution in [0.25, 0.3) is 22.4 Å². The quantitative estimate of drug-likeness (QED) is 0.369. The summed E-state index contributed by atoms with van der Waals surface area (Å²) in [4.78, 5) is 20.4. The summed E-state index contributed by atoms with van der Waals surface area (Å²) in [7, 11) is 1.00. The van der Waals surface area contributed by atoms with Gasteiger partial charge in [0.05, 0.1) is 11.4 Å². The largest absolute Gasteiger partial charge is 0.401 e. The van der Waals surface area contributed by atoms with Crippen molar-refractivity contribution in [1.29, 1.82) is 0 Å². The molecule has 0 bridgehead atoms. The van der Waals surface area contributed by atoms with Crippen LogP contribution >= 0.6 is 0 Å². The van der Waals surface area contributed by atoms with E-state index in [-0.39, 0.29) is 17.2 Å². The monoisotopic (exact) mass is 484 g/mol. The van der Waals surface area contributed by atoms with E-state index in [2.05, 4.69) is 19.9 Å². The first-order chi connectivity index (χ1) is 16.8. The van der Waals surface area contributed by atoms with Gasteiger partial charge in [-0.25, -0.2) is 29.6 Å². The van der Waals surface area contributed by atoms with Gasteiger partial charge in [0.15, 0.2) is 5.65 Å². The Morgan fingerprint density at radius 1 is 1.09 bits per heavy atom. The number of halogens is 2. The van der Waals surface area contributed by atoms with E-state index in [4.69, 9.17) is 16.7 Å². The maximum absolute atomic E-state index is 14.7. The van der Waals surface area contributed by atoms with Gasteiger partial charge in [0.1, 0.15) is 22.8 Å². The molecule has 2 fully saturated rings. The number of nitrogens with two attached hydrogens (primary N) is 2. The summed E-state index contributed by atoms with van der Waals surface area (Å²) in [5.74, 6) is 5.20. The van der Waals surface area contributed by atoms with Crippen LogP contribution in [0.2, 0.25) is 0 Å². The zero-order valence-corrected chi connectivity index (χ0v) is 20.0. The van der Waals surface area contributed by atoms with Gasteiger partial charge in [-0.15, -0.1) is 0 Å². The molecule has 1 atom stereocenters. The second kappa shape index (κ2) is 10.0. The molecule has 0 amide bonds. The second-order valence-corrected chi connectivity index (χ2v) is 8.80. The lowest BCUT2D eigenvalue weighted by Crippen LogP contribution is -2.30. The Morgan fingerprint density at radius 3 is 2.49 bits per heavy atom. The molecule has 3 heterocycles. The Hall–Kier alpha value is -3.44. The van der Waals surface area contributed by atoms with Crippen molar-refractivity contribution in [3.8, 4) is 11.3 Å². The summed E-state index contributed by atoms with van der Waals surface area (Å²) in [6, 6.07) is 3.79. The number of rotatable bonds is 5. The number of aliphatic hydroxyl groups is 1. The molecular formula is C24H30F2N8O. The number of aryl methyl sites for hydroxylation is 2. The minimum atomic E-state index is -0.712. The number of fused-ring (bicyclic) bond motifs is 1. The third-order valence-electron chi connectivity index (χ3n) is 6.33. The van der Waals surface area contributed by atoms with Crippen LogP contribution in [0.15, 0.2) is 30.1 Å². The minimum Gasteiger partial charge on any atom is -0.401 e. The number of benzene rings is 1. The number of anilines is 1. The molecule has 5 rings (SSSR count). The fraction of sp³-hybridized carbons (Fsp3) is 0.417. The lowest BCUT2D eigenvalue weighted by atomic mass is 10.1. The number of hydrazine groups is 1. The molecule has 2 aromatic heterocycles. The Bertz CT molecular complexity index is 1260. The molecule has 5 N–H and O–H groups in total. The van der Waals surface area contributed by atoms with Gasteiger partial charge in [-0.3, -0.25) is 0 Å². The molecule has 35 heavy (non-hydrogen) atoms. The van der Waals surface area contributed by atoms with Gasteiger partial charge in [-0.1, -0.05) is 0 Å². The van der Waals surface area contributed by atoms with E-state index < -0.39 is 11.6 Å². The van der Waals surface area contributed by atoms with Crippen molar-refractivity contribution in [3.63, 3.8) is 0 Å². The molecule has 0 radical (unpaired) electrons. The van der Waals surface area contributed by atoms with E-state index in [9.17, 15) is 8.78 Å². The van der Waals surface area contributed by atoms with Crippen LogP contribution in [0.5, 0.6) is 0 Å². The van der Waals surface area contributed by atoms with E-state index in [1.807, 2.05) is 24.9 Å². The van der Waals surface area contributed by atoms with Crippen molar-refractivity contribution in [1.82, 2.24) is 24.9 Å². The number of hydrogen-bond acceptors (Lipinski definition) is 9. The predicted molar refractivity (Wildman–Crippen MR) is 130 cm³/mol. The highest BCUT2D eigenvalue weighted by atomic mass is 19.1. The standard InChI is InChI=1S/C23H26F2N8.CH4O/c1-12-13(2)29-22-21(28-12)20(17-6-3-15(24)9-18(17)25)30-23(31-22)32-8-7-14(10-32)19(26)11-33(27)16-4-5-16;1-2/h3,6,9,11,14,16H,4-5,7-8,10,26-27H2,1-2H3;2H,1H3/b19-11-;. The van der Waals surface area contributed by atoms with Crippen molar-refractivity contribution in [2.24, 2.45) is 17.5 Å². The number of aliphatic hydroxyl groups excluding tert-OH is 1. The highest BCUT2D eigenvalue weighted by Gasteiger charge is 2.30. The topological polar surface area (TPSA) is 130 Å². The number of nitrogens with zero attached hydrogens (tertiary/aromatic N) is 6. The first-order valence-corrected chi connectivity index (χ1v) is 11.5. The predicted octanol–water partition coefficient (Wildman–Crippen LogP) is 2.55. The Morgan fingerprint density at radius 2 is 1.80 bits per heavy atom. The molecule has 3 aromatic rings. The lowest BCUT2D eigenvalue weighted by Gasteiger charge is -2.20. The van der Waals surface area contributed by atoms with Gasteiger partial charge < -0.3 is 20.7 Å². The van der Waals surface area contributed by atoms with Crippen molar-refractivity contribution < 1.29 is 13.9 Å². The molecule has 1 aliphatic carbocycles. The third kappa shape index (κ3) is 5.15. The van der Waals surface area contributed by atoms with Gasteiger partial charge in [0.25, 0.3) is 0 Å². The molecule has 9 nitrogen and oxygen atoms in total. The van der Waals surface area contributed by atoms with Crippen LogP contribution < -0.4 is 16.5 Å². The molecule has 1 saturated heterocycles. The average molecular weight is 485 g/mol. The summed E-state index contributed by atoms with van der Waals surface area (Å²) in [5, 5.41) is 8.70. The highest BCUT2D eigenvalue weighted by molar-refractivity contribution is 5.88. The van der Waals surface area contributed by atoms with Crippen LogP contribution in [0.4, 0.5) is 14.7 Å². The smallest absolute Gasteiger partial charge is 0.228 e. The van der Waals surface area contributed by atoms with E-state index in [0.717, 1.165) is 43.8 Å². The van der Waals surface area contributed by atoms with Gasteiger partial charge in [-0.2, -0.15) is 4.98 Å². The van der Waals surface area contributed by atoms with Crippen LogP contribution in [-0.2, 0) is 0 Å². The number of hydrogen-bond donors (Lipinski definition) is 3. The van der Waals surface area contributed by atoms with Gasteiger partial charge >= 0.3 is 0 Å². The summed E-state index contributed by atoms with van der Waals surface area (Å²) in [6.07, 6.45) is 4.82. The molecule has 1 aromatic carbocycles. The minimum absolute atomic E-state index is 0.103. The zero-order chi connectivity index (χ0) is 25.3. The molecule has 1 unspecified atom stereocenters. The highest BCUT2D eigenvalue weighted by Crippen LogP contribution is 2.32. The summed E-state index contributed by atoms with van der Waals surface area (Å²) in [6.45, 7) is 4.96. The molecular weight excluding hydrogens is 454 g/mol. The maximum atomic E-state index is 14.7. The molecule has 1 aliphatic heterocycles. The van der Waals surface area contributed by atoms with Gasteiger partial charge in [0, 0.05) is 55.7 Å². The first kappa shape index (κ1) is 24.7. The SMILES string of the molecule is CO.Cc1nc2nc(N3CCC(/C(N)=C/N(N)C4CC4)C3)nc(-c3ccc(F)cc3F)c2nc1C. The normalized spacial score (nSPS) is 18.0. The third-order valence-corrected chi connectivity index (χ3v) is 6.33. The lowest BCUT2D eigenvalue weighted by molar-refractivity contribution is 0.375. The van der Waals surface area contributed by atoms with Crippen LogP contribution in [0.3, 0.4) is 0 Å². The van der Waals surface area contributed by atoms with Crippen LogP contribution in [0.1, 0.15) is 30.7 Å². The Labute approximate surface area is 202 Å². The number of aromatic nitrogens is 4. The molecule has 186 valence electrons. The average Bonchev–Trinajstić information content (AvgIpc) is 3.57. The first-order valence-electron chi connectivity index (χ1n) is 11.5. The van der Waals surface area contributed by atoms with E-state index in [1.54, 1.807) is 5.01 Å². The fourth-order valence-electron chi connectivity index (χ4n) is 4.08.